The summed E-state index contributed by atoms with van der Waals surface area (Å²) < 4.78 is 0. The molecule has 1 aliphatic rings. The van der Waals surface area contributed by atoms with Crippen LogP contribution in [0.1, 0.15) is 24.8 Å². The lowest BCUT2D eigenvalue weighted by molar-refractivity contribution is 0.452. The molecule has 15 heavy (non-hydrogen) atoms. The maximum Gasteiger partial charge on any atom is 0.0794 e. The van der Waals surface area contributed by atoms with Crippen LogP contribution in [0.5, 0.6) is 0 Å². The average Bonchev–Trinajstić information content (AvgIpc) is 2.59. The fourth-order valence-electron chi connectivity index (χ4n) is 1.69. The van der Waals surface area contributed by atoms with E-state index in [0.717, 1.165) is 0 Å². The molecular formula is C12H17NS2. The topological polar surface area (TPSA) is 12.0 Å². The van der Waals surface area contributed by atoms with Crippen LogP contribution in [-0.4, -0.2) is 17.5 Å². The van der Waals surface area contributed by atoms with Crippen LogP contribution in [0.3, 0.4) is 0 Å². The first kappa shape index (κ1) is 11.4. The smallest absolute Gasteiger partial charge is 0.0794 e. The van der Waals surface area contributed by atoms with E-state index in [0.29, 0.717) is 5.37 Å². The molecule has 1 aromatic rings. The Morgan fingerprint density at radius 3 is 2.47 bits per heavy atom. The van der Waals surface area contributed by atoms with E-state index >= 15 is 0 Å². The molecule has 0 amide bonds. The third kappa shape index (κ3) is 2.71. The Kier molecular flexibility index (Phi) is 3.33. The van der Waals surface area contributed by atoms with Crippen LogP contribution in [0.4, 0.5) is 0 Å². The highest BCUT2D eigenvalue weighted by Crippen LogP contribution is 2.37. The van der Waals surface area contributed by atoms with Crippen molar-refractivity contribution < 1.29 is 0 Å². The molecule has 0 aromatic heterocycles. The number of nitrogens with one attached hydrogen (secondary N) is 1. The summed E-state index contributed by atoms with van der Waals surface area (Å²) in [6.07, 6.45) is 2.11. The van der Waals surface area contributed by atoms with E-state index in [2.05, 4.69) is 49.7 Å². The molecule has 1 fully saturated rings. The molecule has 0 spiro atoms. The molecule has 0 saturated carbocycles. The van der Waals surface area contributed by atoms with Gasteiger partial charge in [-0.15, -0.1) is 23.5 Å². The van der Waals surface area contributed by atoms with Crippen LogP contribution < -0.4 is 5.32 Å². The number of hydrogen-bond acceptors (Lipinski definition) is 3. The summed E-state index contributed by atoms with van der Waals surface area (Å²) in [5.41, 5.74) is 1.66. The van der Waals surface area contributed by atoms with E-state index in [1.165, 1.54) is 16.2 Å². The summed E-state index contributed by atoms with van der Waals surface area (Å²) in [7, 11) is 0. The van der Waals surface area contributed by atoms with Crippen molar-refractivity contribution in [2.45, 2.75) is 29.7 Å². The van der Waals surface area contributed by atoms with Crippen molar-refractivity contribution in [3.05, 3.63) is 29.8 Å². The summed E-state index contributed by atoms with van der Waals surface area (Å²) in [5, 5.41) is 4.11. The summed E-state index contributed by atoms with van der Waals surface area (Å²) in [4.78, 5) is 1.33. The van der Waals surface area contributed by atoms with Crippen molar-refractivity contribution >= 4 is 23.5 Å². The van der Waals surface area contributed by atoms with Gasteiger partial charge in [0.2, 0.25) is 0 Å². The van der Waals surface area contributed by atoms with Gasteiger partial charge in [0, 0.05) is 16.2 Å². The molecule has 2 rings (SSSR count). The van der Waals surface area contributed by atoms with Crippen LogP contribution in [0.2, 0.25) is 0 Å². The van der Waals surface area contributed by atoms with Gasteiger partial charge < -0.3 is 0 Å². The molecular weight excluding hydrogens is 222 g/mol. The van der Waals surface area contributed by atoms with Crippen molar-refractivity contribution in [2.75, 3.05) is 12.0 Å². The van der Waals surface area contributed by atoms with Crippen molar-refractivity contribution in [2.24, 2.45) is 0 Å². The lowest BCUT2D eigenvalue weighted by Crippen LogP contribution is -2.35. The molecule has 1 unspecified atom stereocenters. The molecule has 0 aliphatic carbocycles. The van der Waals surface area contributed by atoms with Crippen molar-refractivity contribution in [1.82, 2.24) is 5.32 Å². The molecule has 1 atom stereocenters. The Labute approximate surface area is 100 Å². The Balaban J connectivity index is 2.11. The zero-order chi connectivity index (χ0) is 10.9. The Morgan fingerprint density at radius 2 is 2.00 bits per heavy atom. The standard InChI is InChI=1S/C12H17NS2/c1-12(2)8-15-11(13-12)9-4-6-10(14-3)7-5-9/h4-7,11,13H,8H2,1-3H3. The van der Waals surface area contributed by atoms with Gasteiger partial charge in [0.25, 0.3) is 0 Å². The van der Waals surface area contributed by atoms with Gasteiger partial charge in [-0.05, 0) is 37.8 Å². The lowest BCUT2D eigenvalue weighted by Gasteiger charge is -2.19. The minimum absolute atomic E-state index is 0.271. The third-order valence-corrected chi connectivity index (χ3v) is 4.91. The molecule has 1 heterocycles. The normalized spacial score (nSPS) is 24.3. The Hall–Kier alpha value is -0.120. The predicted molar refractivity (Wildman–Crippen MR) is 70.6 cm³/mol. The first-order valence-corrected chi connectivity index (χ1v) is 7.41. The van der Waals surface area contributed by atoms with E-state index in [1.54, 1.807) is 11.8 Å². The lowest BCUT2D eigenvalue weighted by atomic mass is 10.1. The molecule has 82 valence electrons. The van der Waals surface area contributed by atoms with E-state index in [4.69, 9.17) is 0 Å². The summed E-state index contributed by atoms with van der Waals surface area (Å²) >= 11 is 3.79. The van der Waals surface area contributed by atoms with E-state index in [-0.39, 0.29) is 5.54 Å². The number of benzene rings is 1. The highest BCUT2D eigenvalue weighted by atomic mass is 32.2. The van der Waals surface area contributed by atoms with Crippen molar-refractivity contribution in [1.29, 1.82) is 0 Å². The van der Waals surface area contributed by atoms with Gasteiger partial charge in [-0.3, -0.25) is 5.32 Å². The fourth-order valence-corrected chi connectivity index (χ4v) is 3.52. The van der Waals surface area contributed by atoms with Gasteiger partial charge in [-0.2, -0.15) is 0 Å². The molecule has 1 aliphatic heterocycles. The molecule has 1 saturated heterocycles. The Morgan fingerprint density at radius 1 is 1.33 bits per heavy atom. The maximum absolute atomic E-state index is 3.64. The molecule has 1 nitrogen and oxygen atoms in total. The van der Waals surface area contributed by atoms with Crippen LogP contribution >= 0.6 is 23.5 Å². The maximum atomic E-state index is 3.64. The largest absolute Gasteiger partial charge is 0.296 e. The minimum Gasteiger partial charge on any atom is -0.296 e. The van der Waals surface area contributed by atoms with Crippen molar-refractivity contribution in [3.8, 4) is 0 Å². The second-order valence-electron chi connectivity index (χ2n) is 4.49. The van der Waals surface area contributed by atoms with Crippen LogP contribution in [0.25, 0.3) is 0 Å². The van der Waals surface area contributed by atoms with Crippen molar-refractivity contribution in [3.63, 3.8) is 0 Å². The van der Waals surface area contributed by atoms with E-state index < -0.39 is 0 Å². The van der Waals surface area contributed by atoms with Crippen LogP contribution in [-0.2, 0) is 0 Å². The molecule has 3 heteroatoms. The summed E-state index contributed by atoms with van der Waals surface area (Å²) in [5.74, 6) is 1.18. The first-order valence-electron chi connectivity index (χ1n) is 5.14. The second-order valence-corrected chi connectivity index (χ2v) is 6.47. The quantitative estimate of drug-likeness (QED) is 0.793. The van der Waals surface area contributed by atoms with E-state index in [9.17, 15) is 0 Å². The third-order valence-electron chi connectivity index (χ3n) is 2.55. The molecule has 0 radical (unpaired) electrons. The van der Waals surface area contributed by atoms with Crippen LogP contribution in [0, 0.1) is 0 Å². The number of rotatable bonds is 2. The van der Waals surface area contributed by atoms with Gasteiger partial charge in [0.05, 0.1) is 5.37 Å². The van der Waals surface area contributed by atoms with E-state index in [1.807, 2.05) is 11.8 Å². The van der Waals surface area contributed by atoms with Gasteiger partial charge in [0.1, 0.15) is 0 Å². The predicted octanol–water partition coefficient (Wildman–Crippen LogP) is 3.52. The molecule has 1 aromatic carbocycles. The fraction of sp³-hybridized carbons (Fsp3) is 0.500. The van der Waals surface area contributed by atoms with Gasteiger partial charge >= 0.3 is 0 Å². The zero-order valence-electron chi connectivity index (χ0n) is 9.41. The SMILES string of the molecule is CSc1ccc(C2NC(C)(C)CS2)cc1. The highest BCUT2D eigenvalue weighted by molar-refractivity contribution is 7.99. The highest BCUT2D eigenvalue weighted by Gasteiger charge is 2.31. The second kappa shape index (κ2) is 4.40. The summed E-state index contributed by atoms with van der Waals surface area (Å²) in [6.45, 7) is 4.52. The zero-order valence-corrected chi connectivity index (χ0v) is 11.0. The van der Waals surface area contributed by atoms with Gasteiger partial charge in [-0.25, -0.2) is 0 Å². The monoisotopic (exact) mass is 239 g/mol. The summed E-state index contributed by atoms with van der Waals surface area (Å²) in [6, 6.07) is 8.87. The number of hydrogen-bond donors (Lipinski definition) is 1. The average molecular weight is 239 g/mol. The minimum atomic E-state index is 0.271. The Bertz CT molecular complexity index is 332. The van der Waals surface area contributed by atoms with Gasteiger partial charge in [-0.1, -0.05) is 12.1 Å². The first-order chi connectivity index (χ1) is 7.11. The molecule has 0 bridgehead atoms. The molecule has 1 N–H and O–H groups in total. The van der Waals surface area contributed by atoms with Crippen LogP contribution in [0.15, 0.2) is 29.2 Å². The van der Waals surface area contributed by atoms with Gasteiger partial charge in [0.15, 0.2) is 0 Å². The number of thioether (sulfide) groups is 2.